The zero-order valence-electron chi connectivity index (χ0n) is 19.1. The van der Waals surface area contributed by atoms with E-state index >= 15 is 0 Å². The number of nitrogens with zero attached hydrogens (tertiary/aromatic N) is 3. The average Bonchev–Trinajstić information content (AvgIpc) is 2.76. The zero-order chi connectivity index (χ0) is 22.1. The molecule has 2 aromatic rings. The van der Waals surface area contributed by atoms with Crippen LogP contribution in [0.3, 0.4) is 0 Å². The minimum atomic E-state index is 0.0162. The Kier molecular flexibility index (Phi) is 8.53. The maximum Gasteiger partial charge on any atom is 0.191 e. The highest BCUT2D eigenvalue weighted by atomic mass is 16.5. The van der Waals surface area contributed by atoms with Crippen LogP contribution in [-0.2, 0) is 11.3 Å². The van der Waals surface area contributed by atoms with Crippen LogP contribution in [0.4, 0.5) is 5.82 Å². The number of ether oxygens (including phenoxy) is 2. The van der Waals surface area contributed by atoms with E-state index in [1.807, 2.05) is 31.3 Å². The van der Waals surface area contributed by atoms with Crippen LogP contribution in [0.15, 0.2) is 47.6 Å². The van der Waals surface area contributed by atoms with Crippen molar-refractivity contribution in [3.63, 3.8) is 0 Å². The first kappa shape index (κ1) is 22.9. The van der Waals surface area contributed by atoms with Gasteiger partial charge in [-0.05, 0) is 57.0 Å². The summed E-state index contributed by atoms with van der Waals surface area (Å²) in [6.45, 7) is 12.8. The molecular formula is C24H35N5O2. The van der Waals surface area contributed by atoms with E-state index in [0.29, 0.717) is 13.1 Å². The van der Waals surface area contributed by atoms with Crippen molar-refractivity contribution in [2.45, 2.75) is 46.4 Å². The van der Waals surface area contributed by atoms with Crippen LogP contribution in [-0.4, -0.2) is 55.9 Å². The Hall–Kier alpha value is -2.80. The molecule has 1 aliphatic rings. The van der Waals surface area contributed by atoms with Gasteiger partial charge in [0.25, 0.3) is 0 Å². The molecule has 2 atom stereocenters. The highest BCUT2D eigenvalue weighted by Gasteiger charge is 2.17. The molecule has 2 heterocycles. The van der Waals surface area contributed by atoms with Crippen molar-refractivity contribution in [3.8, 4) is 5.75 Å². The van der Waals surface area contributed by atoms with E-state index in [9.17, 15) is 0 Å². The summed E-state index contributed by atoms with van der Waals surface area (Å²) in [5, 5.41) is 6.65. The number of rotatable bonds is 8. The summed E-state index contributed by atoms with van der Waals surface area (Å²) in [6, 6.07) is 12.3. The van der Waals surface area contributed by atoms with Gasteiger partial charge >= 0.3 is 0 Å². The maximum absolute atomic E-state index is 6.00. The summed E-state index contributed by atoms with van der Waals surface area (Å²) in [6.07, 6.45) is 2.17. The Balaban J connectivity index is 1.51. The summed E-state index contributed by atoms with van der Waals surface area (Å²) in [5.74, 6) is 2.65. The van der Waals surface area contributed by atoms with Crippen molar-refractivity contribution < 1.29 is 9.47 Å². The molecule has 0 bridgehead atoms. The number of aryl methyl sites for hydroxylation is 1. The molecule has 3 rings (SSSR count). The minimum absolute atomic E-state index is 0.0162. The Bertz CT molecular complexity index is 840. The van der Waals surface area contributed by atoms with E-state index in [1.54, 1.807) is 0 Å². The minimum Gasteiger partial charge on any atom is -0.489 e. The van der Waals surface area contributed by atoms with Crippen LogP contribution < -0.4 is 20.3 Å². The second kappa shape index (κ2) is 11.6. The first-order valence-electron chi connectivity index (χ1n) is 11.1. The third-order valence-electron chi connectivity index (χ3n) is 5.02. The molecule has 1 aromatic carbocycles. The fourth-order valence-electron chi connectivity index (χ4n) is 3.44. The Morgan fingerprint density at radius 2 is 2.19 bits per heavy atom. The van der Waals surface area contributed by atoms with Gasteiger partial charge in [-0.3, -0.25) is 0 Å². The smallest absolute Gasteiger partial charge is 0.191 e. The van der Waals surface area contributed by atoms with E-state index in [1.165, 1.54) is 5.56 Å². The lowest BCUT2D eigenvalue weighted by Crippen LogP contribution is -2.41. The van der Waals surface area contributed by atoms with Crippen LogP contribution in [0, 0.1) is 6.92 Å². The normalized spacial score (nSPS) is 17.9. The SMILES string of the molecule is CCNC(=NCc1ccc(N2CCOC(C)C2)nc1)NCC(C)Oc1cccc(C)c1. The highest BCUT2D eigenvalue weighted by Crippen LogP contribution is 2.16. The van der Waals surface area contributed by atoms with Crippen molar-refractivity contribution in [1.82, 2.24) is 15.6 Å². The van der Waals surface area contributed by atoms with Gasteiger partial charge in [-0.1, -0.05) is 18.2 Å². The molecule has 7 heteroatoms. The standard InChI is InChI=1S/C24H35N5O2/c1-5-25-24(27-14-19(3)31-22-8-6-7-18(2)13-22)28-16-21-9-10-23(26-15-21)29-11-12-30-20(4)17-29/h6-10,13,15,19-20H,5,11-12,14,16-17H2,1-4H3,(H2,25,27,28). The molecule has 0 amide bonds. The van der Waals surface area contributed by atoms with Crippen molar-refractivity contribution in [2.75, 3.05) is 37.7 Å². The Morgan fingerprint density at radius 1 is 1.32 bits per heavy atom. The first-order chi connectivity index (χ1) is 15.0. The summed E-state index contributed by atoms with van der Waals surface area (Å²) in [4.78, 5) is 11.6. The highest BCUT2D eigenvalue weighted by molar-refractivity contribution is 5.79. The van der Waals surface area contributed by atoms with Crippen molar-refractivity contribution in [1.29, 1.82) is 0 Å². The van der Waals surface area contributed by atoms with Crippen molar-refractivity contribution >= 4 is 11.8 Å². The van der Waals surface area contributed by atoms with Gasteiger partial charge in [0.2, 0.25) is 0 Å². The summed E-state index contributed by atoms with van der Waals surface area (Å²) >= 11 is 0. The maximum atomic E-state index is 6.00. The molecule has 7 nitrogen and oxygen atoms in total. The van der Waals surface area contributed by atoms with Gasteiger partial charge in [0.05, 0.1) is 25.8 Å². The molecule has 1 fully saturated rings. The quantitative estimate of drug-likeness (QED) is 0.500. The van der Waals surface area contributed by atoms with Gasteiger partial charge in [0.1, 0.15) is 17.7 Å². The monoisotopic (exact) mass is 425 g/mol. The second-order valence-corrected chi connectivity index (χ2v) is 7.97. The van der Waals surface area contributed by atoms with Crippen molar-refractivity contribution in [2.24, 2.45) is 4.99 Å². The third-order valence-corrected chi connectivity index (χ3v) is 5.02. The van der Waals surface area contributed by atoms with Crippen LogP contribution in [0.5, 0.6) is 5.75 Å². The number of benzene rings is 1. The molecule has 1 aliphatic heterocycles. The lowest BCUT2D eigenvalue weighted by atomic mass is 10.2. The molecule has 0 radical (unpaired) electrons. The predicted octanol–water partition coefficient (Wildman–Crippen LogP) is 3.14. The summed E-state index contributed by atoms with van der Waals surface area (Å²) < 4.78 is 11.6. The number of hydrogen-bond acceptors (Lipinski definition) is 5. The van der Waals surface area contributed by atoms with E-state index in [2.05, 4.69) is 59.5 Å². The zero-order valence-corrected chi connectivity index (χ0v) is 19.1. The summed E-state index contributed by atoms with van der Waals surface area (Å²) in [5.41, 5.74) is 2.27. The predicted molar refractivity (Wildman–Crippen MR) is 126 cm³/mol. The number of guanidine groups is 1. The van der Waals surface area contributed by atoms with Crippen molar-refractivity contribution in [3.05, 3.63) is 53.7 Å². The molecule has 0 aliphatic carbocycles. The van der Waals surface area contributed by atoms with Crippen LogP contribution in [0.2, 0.25) is 0 Å². The van der Waals surface area contributed by atoms with E-state index < -0.39 is 0 Å². The Labute approximate surface area is 185 Å². The number of hydrogen-bond donors (Lipinski definition) is 2. The number of aliphatic imine (C=N–C) groups is 1. The topological polar surface area (TPSA) is 71.0 Å². The van der Waals surface area contributed by atoms with Gasteiger partial charge < -0.3 is 25.0 Å². The molecule has 168 valence electrons. The second-order valence-electron chi connectivity index (χ2n) is 7.97. The van der Waals surface area contributed by atoms with Gasteiger partial charge in [-0.25, -0.2) is 9.98 Å². The molecule has 2 unspecified atom stereocenters. The van der Waals surface area contributed by atoms with E-state index in [-0.39, 0.29) is 12.2 Å². The molecule has 1 saturated heterocycles. The molecular weight excluding hydrogens is 390 g/mol. The van der Waals surface area contributed by atoms with E-state index in [0.717, 1.165) is 49.3 Å². The number of nitrogens with one attached hydrogen (secondary N) is 2. The number of aromatic nitrogens is 1. The molecule has 2 N–H and O–H groups in total. The average molecular weight is 426 g/mol. The van der Waals surface area contributed by atoms with Gasteiger partial charge in [-0.15, -0.1) is 0 Å². The van der Waals surface area contributed by atoms with Crippen LogP contribution >= 0.6 is 0 Å². The Morgan fingerprint density at radius 3 is 2.90 bits per heavy atom. The van der Waals surface area contributed by atoms with Gasteiger partial charge in [0, 0.05) is 25.8 Å². The molecule has 0 saturated carbocycles. The van der Waals surface area contributed by atoms with Crippen LogP contribution in [0.25, 0.3) is 0 Å². The largest absolute Gasteiger partial charge is 0.489 e. The third kappa shape index (κ3) is 7.43. The fraction of sp³-hybridized carbons (Fsp3) is 0.500. The summed E-state index contributed by atoms with van der Waals surface area (Å²) in [7, 11) is 0. The van der Waals surface area contributed by atoms with E-state index in [4.69, 9.17) is 14.5 Å². The molecule has 31 heavy (non-hydrogen) atoms. The van der Waals surface area contributed by atoms with Crippen LogP contribution in [0.1, 0.15) is 31.9 Å². The first-order valence-corrected chi connectivity index (χ1v) is 11.1. The van der Waals surface area contributed by atoms with Gasteiger partial charge in [0.15, 0.2) is 5.96 Å². The number of morpholine rings is 1. The number of pyridine rings is 1. The number of anilines is 1. The van der Waals surface area contributed by atoms with Gasteiger partial charge in [-0.2, -0.15) is 0 Å². The lowest BCUT2D eigenvalue weighted by molar-refractivity contribution is 0.0529. The lowest BCUT2D eigenvalue weighted by Gasteiger charge is -2.32. The molecule has 0 spiro atoms. The molecule has 1 aromatic heterocycles. The fourth-order valence-corrected chi connectivity index (χ4v) is 3.44.